The van der Waals surface area contributed by atoms with Gasteiger partial charge in [0.25, 0.3) is 0 Å². The van der Waals surface area contributed by atoms with E-state index in [0.717, 1.165) is 46.8 Å². The molecule has 140 valence electrons. The van der Waals surface area contributed by atoms with Gasteiger partial charge in [0.15, 0.2) is 16.6 Å². The molecule has 0 unspecified atom stereocenters. The third-order valence-electron chi connectivity index (χ3n) is 5.14. The molecule has 0 spiro atoms. The molecule has 1 saturated heterocycles. The van der Waals surface area contributed by atoms with Crippen LogP contribution in [0.1, 0.15) is 37.3 Å². The van der Waals surface area contributed by atoms with E-state index < -0.39 is 0 Å². The third kappa shape index (κ3) is 3.86. The lowest BCUT2D eigenvalue weighted by atomic mass is 10.0. The number of aromatic nitrogens is 2. The van der Waals surface area contributed by atoms with Crippen LogP contribution in [0.5, 0.6) is 0 Å². The van der Waals surface area contributed by atoms with E-state index in [9.17, 15) is 9.18 Å². The zero-order chi connectivity index (χ0) is 18.8. The number of hydrogen-bond donors (Lipinski definition) is 0. The van der Waals surface area contributed by atoms with Crippen LogP contribution in [-0.2, 0) is 17.6 Å². The lowest BCUT2D eigenvalue weighted by Crippen LogP contribution is -2.36. The minimum Gasteiger partial charge on any atom is -0.338 e. The Morgan fingerprint density at radius 3 is 2.89 bits per heavy atom. The molecule has 1 aromatic carbocycles. The summed E-state index contributed by atoms with van der Waals surface area (Å²) in [5, 5.41) is 0.892. The second kappa shape index (κ2) is 7.72. The number of carbonyl (C=O) groups is 1. The molecule has 27 heavy (non-hydrogen) atoms. The van der Waals surface area contributed by atoms with Gasteiger partial charge in [-0.1, -0.05) is 30.4 Å². The monoisotopic (exact) mass is 383 g/mol. The lowest BCUT2D eigenvalue weighted by molar-refractivity contribution is -0.120. The number of pyridine rings is 1. The van der Waals surface area contributed by atoms with Crippen LogP contribution in [0.15, 0.2) is 36.5 Å². The van der Waals surface area contributed by atoms with Crippen molar-refractivity contribution in [3.63, 3.8) is 0 Å². The first kappa shape index (κ1) is 18.0. The van der Waals surface area contributed by atoms with Gasteiger partial charge in [-0.15, -0.1) is 0 Å². The molecule has 1 fully saturated rings. The Hall–Kier alpha value is -2.34. The smallest absolute Gasteiger partial charge is 0.188 e. The zero-order valence-corrected chi connectivity index (χ0v) is 16.1. The molecule has 1 aliphatic rings. The normalized spacial score (nSPS) is 17.0. The van der Waals surface area contributed by atoms with Crippen molar-refractivity contribution in [1.29, 1.82) is 0 Å². The number of thiazole rings is 1. The van der Waals surface area contributed by atoms with E-state index in [1.54, 1.807) is 23.5 Å². The maximum absolute atomic E-state index is 13.0. The van der Waals surface area contributed by atoms with Gasteiger partial charge in [-0.25, -0.2) is 9.37 Å². The summed E-state index contributed by atoms with van der Waals surface area (Å²) in [4.78, 5) is 24.1. The van der Waals surface area contributed by atoms with Crippen molar-refractivity contribution in [1.82, 2.24) is 9.97 Å². The molecular weight excluding hydrogens is 361 g/mol. The molecule has 4 nitrogen and oxygen atoms in total. The third-order valence-corrected chi connectivity index (χ3v) is 6.17. The summed E-state index contributed by atoms with van der Waals surface area (Å²) >= 11 is 1.62. The molecular formula is C21H22FN3OS. The molecule has 1 atom stereocenters. The van der Waals surface area contributed by atoms with Gasteiger partial charge in [-0.3, -0.25) is 4.79 Å². The number of nitrogens with zero attached hydrogens (tertiary/aromatic N) is 3. The standard InChI is InChI=1S/C21H22FN3OS/c1-2-14-12-19-20(23-13-14)24-21(27-19)25-11-3-4-17(25)18(26)10-7-15-5-8-16(22)9-6-15/h5-6,8-9,12-13,17H,2-4,7,10-11H2,1H3/t17-/m1/s1. The summed E-state index contributed by atoms with van der Waals surface area (Å²) in [5.41, 5.74) is 2.95. The number of ketones is 1. The van der Waals surface area contributed by atoms with Crippen LogP contribution in [0.4, 0.5) is 9.52 Å². The average molecular weight is 383 g/mol. The molecule has 4 rings (SSSR count). The Kier molecular flexibility index (Phi) is 5.16. The number of rotatable bonds is 6. The molecule has 3 heterocycles. The fraction of sp³-hybridized carbons (Fsp3) is 0.381. The van der Waals surface area contributed by atoms with E-state index in [2.05, 4.69) is 27.9 Å². The van der Waals surface area contributed by atoms with Gasteiger partial charge >= 0.3 is 0 Å². The fourth-order valence-electron chi connectivity index (χ4n) is 3.58. The lowest BCUT2D eigenvalue weighted by Gasteiger charge is -2.22. The van der Waals surface area contributed by atoms with Crippen molar-refractivity contribution >= 4 is 32.6 Å². The van der Waals surface area contributed by atoms with Crippen molar-refractivity contribution in [2.45, 2.75) is 45.1 Å². The Morgan fingerprint density at radius 2 is 2.11 bits per heavy atom. The number of halogens is 1. The van der Waals surface area contributed by atoms with E-state index in [1.165, 1.54) is 17.7 Å². The first-order valence-electron chi connectivity index (χ1n) is 9.43. The van der Waals surface area contributed by atoms with Gasteiger partial charge in [0.1, 0.15) is 5.82 Å². The molecule has 0 amide bonds. The van der Waals surface area contributed by atoms with Crippen LogP contribution in [0, 0.1) is 5.82 Å². The van der Waals surface area contributed by atoms with E-state index >= 15 is 0 Å². The first-order chi connectivity index (χ1) is 13.1. The van der Waals surface area contributed by atoms with Crippen molar-refractivity contribution < 1.29 is 9.18 Å². The number of anilines is 1. The van der Waals surface area contributed by atoms with Crippen LogP contribution < -0.4 is 4.90 Å². The van der Waals surface area contributed by atoms with Crippen molar-refractivity contribution in [2.24, 2.45) is 0 Å². The summed E-state index contributed by atoms with van der Waals surface area (Å²) in [6.07, 6.45) is 5.80. The molecule has 3 aromatic rings. The number of hydrogen-bond acceptors (Lipinski definition) is 5. The summed E-state index contributed by atoms with van der Waals surface area (Å²) < 4.78 is 14.1. The highest BCUT2D eigenvalue weighted by Gasteiger charge is 2.32. The number of carbonyl (C=O) groups excluding carboxylic acids is 1. The topological polar surface area (TPSA) is 46.1 Å². The van der Waals surface area contributed by atoms with E-state index in [4.69, 9.17) is 0 Å². The largest absolute Gasteiger partial charge is 0.338 e. The van der Waals surface area contributed by atoms with Gasteiger partial charge < -0.3 is 4.90 Å². The molecule has 0 bridgehead atoms. The number of Topliss-reactive ketones (excluding diaryl/α,β-unsaturated/α-hetero) is 1. The highest BCUT2D eigenvalue weighted by atomic mass is 32.1. The van der Waals surface area contributed by atoms with E-state index in [-0.39, 0.29) is 17.6 Å². The minimum atomic E-state index is -0.247. The Labute approximate surface area is 162 Å². The van der Waals surface area contributed by atoms with Crippen molar-refractivity contribution in [2.75, 3.05) is 11.4 Å². The maximum Gasteiger partial charge on any atom is 0.188 e. The quantitative estimate of drug-likeness (QED) is 0.626. The average Bonchev–Trinajstić information content (AvgIpc) is 3.33. The molecule has 0 saturated carbocycles. The number of fused-ring (bicyclic) bond motifs is 1. The molecule has 6 heteroatoms. The van der Waals surface area contributed by atoms with Crippen LogP contribution in [-0.4, -0.2) is 28.3 Å². The Balaban J connectivity index is 1.48. The summed E-state index contributed by atoms with van der Waals surface area (Å²) in [6, 6.07) is 8.42. The molecule has 2 aromatic heterocycles. The van der Waals surface area contributed by atoms with E-state index in [0.29, 0.717) is 12.8 Å². The molecule has 0 aliphatic carbocycles. The highest BCUT2D eigenvalue weighted by molar-refractivity contribution is 7.22. The number of aryl methyl sites for hydroxylation is 2. The first-order valence-corrected chi connectivity index (χ1v) is 10.2. The predicted molar refractivity (Wildman–Crippen MR) is 107 cm³/mol. The van der Waals surface area contributed by atoms with E-state index in [1.807, 2.05) is 6.20 Å². The van der Waals surface area contributed by atoms with Gasteiger partial charge in [0.05, 0.1) is 10.7 Å². The molecule has 0 radical (unpaired) electrons. The second-order valence-electron chi connectivity index (χ2n) is 6.96. The predicted octanol–water partition coefficient (Wildman–Crippen LogP) is 4.56. The van der Waals surface area contributed by atoms with Crippen LogP contribution in [0.2, 0.25) is 0 Å². The summed E-state index contributed by atoms with van der Waals surface area (Å²) in [7, 11) is 0. The highest BCUT2D eigenvalue weighted by Crippen LogP contribution is 2.33. The molecule has 0 N–H and O–H groups in total. The summed E-state index contributed by atoms with van der Waals surface area (Å²) in [6.45, 7) is 2.97. The van der Waals surface area contributed by atoms with Gasteiger partial charge in [-0.2, -0.15) is 4.98 Å². The fourth-order valence-corrected chi connectivity index (χ4v) is 4.65. The van der Waals surface area contributed by atoms with Crippen LogP contribution in [0.3, 0.4) is 0 Å². The van der Waals surface area contributed by atoms with Gasteiger partial charge in [0.2, 0.25) is 0 Å². The van der Waals surface area contributed by atoms with Crippen LogP contribution in [0.25, 0.3) is 10.3 Å². The van der Waals surface area contributed by atoms with Gasteiger partial charge in [0, 0.05) is 19.2 Å². The number of benzene rings is 1. The van der Waals surface area contributed by atoms with Crippen molar-refractivity contribution in [3.05, 3.63) is 53.5 Å². The zero-order valence-electron chi connectivity index (χ0n) is 15.3. The molecule has 1 aliphatic heterocycles. The maximum atomic E-state index is 13.0. The van der Waals surface area contributed by atoms with Crippen molar-refractivity contribution in [3.8, 4) is 0 Å². The minimum absolute atomic E-state index is 0.114. The Bertz CT molecular complexity index is 954. The van der Waals surface area contributed by atoms with Gasteiger partial charge in [-0.05, 0) is 55.0 Å². The summed E-state index contributed by atoms with van der Waals surface area (Å²) in [5.74, 6) is -0.0130. The second-order valence-corrected chi connectivity index (χ2v) is 7.97. The van der Waals surface area contributed by atoms with Crippen LogP contribution >= 0.6 is 11.3 Å². The SMILES string of the molecule is CCc1cnc2nc(N3CCC[C@@H]3C(=O)CCc3ccc(F)cc3)sc2c1. The Morgan fingerprint density at radius 1 is 1.30 bits per heavy atom.